The number of rotatable bonds is 3. The van der Waals surface area contributed by atoms with E-state index in [1.54, 1.807) is 11.8 Å². The van der Waals surface area contributed by atoms with Crippen LogP contribution < -0.4 is 0 Å². The van der Waals surface area contributed by atoms with Crippen molar-refractivity contribution in [2.24, 2.45) is 0 Å². The summed E-state index contributed by atoms with van der Waals surface area (Å²) in [6, 6.07) is 1.78. The maximum atomic E-state index is 13.9. The highest BCUT2D eigenvalue weighted by Crippen LogP contribution is 2.33. The smallest absolute Gasteiger partial charge is 0.246 e. The molecule has 1 heterocycles. The van der Waals surface area contributed by atoms with E-state index >= 15 is 0 Å². The van der Waals surface area contributed by atoms with E-state index in [0.29, 0.717) is 5.75 Å². The molecule has 1 N–H and O–H groups in total. The van der Waals surface area contributed by atoms with Crippen LogP contribution in [0.25, 0.3) is 0 Å². The highest BCUT2D eigenvalue weighted by Gasteiger charge is 2.36. The van der Waals surface area contributed by atoms with Crippen LogP contribution in [0.1, 0.15) is 19.4 Å². The summed E-state index contributed by atoms with van der Waals surface area (Å²) >= 11 is 1.64. The predicted molar refractivity (Wildman–Crippen MR) is 77.6 cm³/mol. The van der Waals surface area contributed by atoms with Gasteiger partial charge < -0.3 is 5.11 Å². The Kier molecular flexibility index (Phi) is 4.63. The number of benzene rings is 1. The molecule has 0 unspecified atom stereocenters. The molecule has 0 saturated carbocycles. The van der Waals surface area contributed by atoms with Gasteiger partial charge in [-0.1, -0.05) is 0 Å². The summed E-state index contributed by atoms with van der Waals surface area (Å²) in [5, 5.41) is 9.04. The van der Waals surface area contributed by atoms with E-state index in [9.17, 15) is 17.2 Å². The molecular weight excluding hydrogens is 320 g/mol. The van der Waals surface area contributed by atoms with Crippen LogP contribution in [-0.2, 0) is 16.6 Å². The standard InChI is InChI=1S/C13H17F2NO3S2/c1-13(2)8-16(3-4-20-13)21(18,19)11-6-9(7-17)5-10(14)12(11)15/h5-6,17H,3-4,7-8H2,1-2H3. The molecule has 1 aliphatic rings. The predicted octanol–water partition coefficient (Wildman–Crippen LogP) is 1.97. The highest BCUT2D eigenvalue weighted by molar-refractivity contribution is 8.00. The maximum absolute atomic E-state index is 13.9. The zero-order chi connectivity index (χ0) is 15.8. The minimum absolute atomic E-state index is 0.0260. The van der Waals surface area contributed by atoms with Gasteiger partial charge in [0.15, 0.2) is 11.6 Å². The van der Waals surface area contributed by atoms with Crippen molar-refractivity contribution >= 4 is 21.8 Å². The summed E-state index contributed by atoms with van der Waals surface area (Å²) in [6.07, 6.45) is 0. The van der Waals surface area contributed by atoms with Gasteiger partial charge >= 0.3 is 0 Å². The van der Waals surface area contributed by atoms with Crippen LogP contribution >= 0.6 is 11.8 Å². The summed E-state index contributed by atoms with van der Waals surface area (Å²) in [6.45, 7) is 3.73. The fourth-order valence-electron chi connectivity index (χ4n) is 2.21. The normalized spacial score (nSPS) is 19.7. The van der Waals surface area contributed by atoms with Crippen molar-refractivity contribution < 1.29 is 22.3 Å². The molecule has 2 rings (SSSR count). The Morgan fingerprint density at radius 3 is 2.62 bits per heavy atom. The van der Waals surface area contributed by atoms with Gasteiger partial charge in [-0.2, -0.15) is 16.1 Å². The van der Waals surface area contributed by atoms with Crippen LogP contribution in [0.4, 0.5) is 8.78 Å². The summed E-state index contributed by atoms with van der Waals surface area (Å²) in [5.41, 5.74) is 0.0260. The Morgan fingerprint density at radius 1 is 1.38 bits per heavy atom. The van der Waals surface area contributed by atoms with Gasteiger partial charge in [-0.3, -0.25) is 0 Å². The molecule has 0 spiro atoms. The van der Waals surface area contributed by atoms with Crippen molar-refractivity contribution in [2.75, 3.05) is 18.8 Å². The molecule has 0 radical (unpaired) electrons. The summed E-state index contributed by atoms with van der Waals surface area (Å²) in [4.78, 5) is -0.714. The molecule has 1 fully saturated rings. The van der Waals surface area contributed by atoms with Gasteiger partial charge in [0.05, 0.1) is 6.61 Å². The summed E-state index contributed by atoms with van der Waals surface area (Å²) in [7, 11) is -4.12. The number of aliphatic hydroxyl groups excluding tert-OH is 1. The Labute approximate surface area is 127 Å². The molecule has 0 aliphatic carbocycles. The fourth-order valence-corrected chi connectivity index (χ4v) is 5.25. The van der Waals surface area contributed by atoms with Crippen LogP contribution in [0.5, 0.6) is 0 Å². The first-order valence-corrected chi connectivity index (χ1v) is 8.83. The molecule has 4 nitrogen and oxygen atoms in total. The summed E-state index contributed by atoms with van der Waals surface area (Å²) < 4.78 is 53.4. The van der Waals surface area contributed by atoms with Gasteiger partial charge in [-0.05, 0) is 31.5 Å². The van der Waals surface area contributed by atoms with E-state index in [2.05, 4.69) is 0 Å². The molecule has 118 valence electrons. The minimum Gasteiger partial charge on any atom is -0.392 e. The second kappa shape index (κ2) is 5.83. The van der Waals surface area contributed by atoms with Gasteiger partial charge in [0.25, 0.3) is 0 Å². The van der Waals surface area contributed by atoms with E-state index in [1.807, 2.05) is 13.8 Å². The highest BCUT2D eigenvalue weighted by atomic mass is 32.2. The van der Waals surface area contributed by atoms with Crippen LogP contribution in [0.3, 0.4) is 0 Å². The van der Waals surface area contributed by atoms with Gasteiger partial charge in [-0.25, -0.2) is 17.2 Å². The fraction of sp³-hybridized carbons (Fsp3) is 0.538. The molecule has 1 saturated heterocycles. The third-order valence-electron chi connectivity index (χ3n) is 3.25. The number of hydrogen-bond donors (Lipinski definition) is 1. The van der Waals surface area contributed by atoms with Gasteiger partial charge in [0, 0.05) is 23.6 Å². The number of aliphatic hydroxyl groups is 1. The first-order chi connectivity index (χ1) is 9.67. The lowest BCUT2D eigenvalue weighted by atomic mass is 10.2. The molecule has 1 aromatic carbocycles. The van der Waals surface area contributed by atoms with Gasteiger partial charge in [-0.15, -0.1) is 0 Å². The first-order valence-electron chi connectivity index (χ1n) is 6.40. The Hall–Kier alpha value is -0.700. The minimum atomic E-state index is -4.12. The van der Waals surface area contributed by atoms with Gasteiger partial charge in [0.2, 0.25) is 10.0 Å². The van der Waals surface area contributed by atoms with Crippen molar-refractivity contribution in [2.45, 2.75) is 30.1 Å². The maximum Gasteiger partial charge on any atom is 0.246 e. The SMILES string of the molecule is CC1(C)CN(S(=O)(=O)c2cc(CO)cc(F)c2F)CCS1. The average molecular weight is 337 g/mol. The number of nitrogens with zero attached hydrogens (tertiary/aromatic N) is 1. The molecule has 8 heteroatoms. The van der Waals surface area contributed by atoms with E-state index in [4.69, 9.17) is 5.11 Å². The largest absolute Gasteiger partial charge is 0.392 e. The lowest BCUT2D eigenvalue weighted by molar-refractivity contribution is 0.280. The van der Waals surface area contributed by atoms with Crippen LogP contribution in [-0.4, -0.2) is 41.4 Å². The second-order valence-electron chi connectivity index (χ2n) is 5.49. The van der Waals surface area contributed by atoms with Crippen LogP contribution in [0.15, 0.2) is 17.0 Å². The Morgan fingerprint density at radius 2 is 2.05 bits per heavy atom. The Bertz CT molecular complexity index is 647. The summed E-state index contributed by atoms with van der Waals surface area (Å²) in [5.74, 6) is -2.08. The zero-order valence-corrected chi connectivity index (χ0v) is 13.4. The van der Waals surface area contributed by atoms with Crippen molar-refractivity contribution in [3.63, 3.8) is 0 Å². The van der Waals surface area contributed by atoms with E-state index in [0.717, 1.165) is 12.1 Å². The van der Waals surface area contributed by atoms with Crippen molar-refractivity contribution in [1.82, 2.24) is 4.31 Å². The third kappa shape index (κ3) is 3.39. The molecule has 0 aromatic heterocycles. The van der Waals surface area contributed by atoms with E-state index in [-0.39, 0.29) is 23.4 Å². The quantitative estimate of drug-likeness (QED) is 0.916. The molecule has 0 atom stereocenters. The first kappa shape index (κ1) is 16.7. The number of sulfonamides is 1. The number of thioether (sulfide) groups is 1. The second-order valence-corrected chi connectivity index (χ2v) is 9.20. The molecular formula is C13H17F2NO3S2. The third-order valence-corrected chi connectivity index (χ3v) is 6.39. The van der Waals surface area contributed by atoms with E-state index < -0.39 is 33.2 Å². The van der Waals surface area contributed by atoms with E-state index in [1.165, 1.54) is 4.31 Å². The topological polar surface area (TPSA) is 57.6 Å². The molecule has 1 aliphatic heterocycles. The molecule has 21 heavy (non-hydrogen) atoms. The number of hydrogen-bond acceptors (Lipinski definition) is 4. The molecule has 0 amide bonds. The van der Waals surface area contributed by atoms with Gasteiger partial charge in [0.1, 0.15) is 4.90 Å². The lowest BCUT2D eigenvalue weighted by Gasteiger charge is -2.36. The zero-order valence-electron chi connectivity index (χ0n) is 11.8. The Balaban J connectivity index is 2.47. The van der Waals surface area contributed by atoms with Crippen LogP contribution in [0.2, 0.25) is 0 Å². The van der Waals surface area contributed by atoms with Crippen molar-refractivity contribution in [3.8, 4) is 0 Å². The van der Waals surface area contributed by atoms with Crippen LogP contribution in [0, 0.1) is 11.6 Å². The molecule has 0 bridgehead atoms. The lowest BCUT2D eigenvalue weighted by Crippen LogP contribution is -2.46. The number of halogens is 2. The molecule has 1 aromatic rings. The monoisotopic (exact) mass is 337 g/mol. The van der Waals surface area contributed by atoms with Crippen molar-refractivity contribution in [1.29, 1.82) is 0 Å². The van der Waals surface area contributed by atoms with Crippen molar-refractivity contribution in [3.05, 3.63) is 29.3 Å². The average Bonchev–Trinajstić information content (AvgIpc) is 2.40.